The standard InChI is InChI=1S/C24H17ClF5N/c1-2-3-19(26)24(30)15-6-9-18(20(27)12-15)16-5-8-17(31-13-16)7-4-14-10-21(28)23(25)22(29)11-14/h2-3,5-6,8-13H,4,7H2,1H3. The molecule has 160 valence electrons. The van der Waals surface area contributed by atoms with E-state index in [1.54, 1.807) is 19.1 Å². The van der Waals surface area contributed by atoms with Crippen LogP contribution in [-0.2, 0) is 12.8 Å². The summed E-state index contributed by atoms with van der Waals surface area (Å²) < 4.78 is 69.1. The topological polar surface area (TPSA) is 12.9 Å². The molecule has 1 aromatic heterocycles. The molecular weight excluding hydrogens is 433 g/mol. The summed E-state index contributed by atoms with van der Waals surface area (Å²) in [6.45, 7) is 1.54. The number of allylic oxidation sites excluding steroid dienone is 3. The Balaban J connectivity index is 1.75. The number of aryl methyl sites for hydroxylation is 2. The fourth-order valence-electron chi connectivity index (χ4n) is 3.00. The molecule has 0 unspecified atom stereocenters. The number of hydrogen-bond donors (Lipinski definition) is 0. The number of nitrogens with zero attached hydrogens (tertiary/aromatic N) is 1. The molecule has 0 aliphatic carbocycles. The molecule has 0 radical (unpaired) electrons. The molecule has 1 nitrogen and oxygen atoms in total. The third-order valence-electron chi connectivity index (χ3n) is 4.59. The molecule has 0 N–H and O–H groups in total. The Morgan fingerprint density at radius 2 is 1.65 bits per heavy atom. The van der Waals surface area contributed by atoms with Gasteiger partial charge in [-0.1, -0.05) is 35.9 Å². The van der Waals surface area contributed by atoms with Gasteiger partial charge in [0.15, 0.2) is 11.7 Å². The Kier molecular flexibility index (Phi) is 7.23. The highest BCUT2D eigenvalue weighted by molar-refractivity contribution is 6.30. The lowest BCUT2D eigenvalue weighted by Gasteiger charge is -2.08. The Bertz CT molecular complexity index is 1130. The SMILES string of the molecule is CC=CC(F)=C(F)c1ccc(-c2ccc(CCc3cc(F)c(Cl)c(F)c3)nc2)c(F)c1. The van der Waals surface area contributed by atoms with Crippen molar-refractivity contribution in [3.05, 3.63) is 106 Å². The molecule has 2 aromatic carbocycles. The van der Waals surface area contributed by atoms with Crippen molar-refractivity contribution in [2.24, 2.45) is 0 Å². The summed E-state index contributed by atoms with van der Waals surface area (Å²) in [6, 6.07) is 9.20. The van der Waals surface area contributed by atoms with Crippen LogP contribution in [0.5, 0.6) is 0 Å². The van der Waals surface area contributed by atoms with E-state index in [1.807, 2.05) is 0 Å². The number of hydrogen-bond acceptors (Lipinski definition) is 1. The van der Waals surface area contributed by atoms with Gasteiger partial charge < -0.3 is 0 Å². The molecule has 0 amide bonds. The molecule has 31 heavy (non-hydrogen) atoms. The van der Waals surface area contributed by atoms with Crippen molar-refractivity contribution < 1.29 is 22.0 Å². The molecule has 3 aromatic rings. The maximum Gasteiger partial charge on any atom is 0.166 e. The second-order valence-electron chi connectivity index (χ2n) is 6.77. The Morgan fingerprint density at radius 3 is 2.23 bits per heavy atom. The van der Waals surface area contributed by atoms with Gasteiger partial charge in [-0.05, 0) is 55.7 Å². The van der Waals surface area contributed by atoms with E-state index in [-0.39, 0.29) is 11.1 Å². The molecule has 0 atom stereocenters. The molecule has 0 bridgehead atoms. The summed E-state index contributed by atoms with van der Waals surface area (Å²) in [7, 11) is 0. The van der Waals surface area contributed by atoms with Crippen LogP contribution in [0.15, 0.2) is 66.6 Å². The molecule has 0 aliphatic rings. The lowest BCUT2D eigenvalue weighted by Crippen LogP contribution is -1.97. The van der Waals surface area contributed by atoms with Crippen LogP contribution in [0.2, 0.25) is 5.02 Å². The van der Waals surface area contributed by atoms with Gasteiger partial charge in [-0.15, -0.1) is 0 Å². The minimum atomic E-state index is -1.15. The number of benzene rings is 2. The first-order valence-electron chi connectivity index (χ1n) is 9.36. The predicted molar refractivity (Wildman–Crippen MR) is 112 cm³/mol. The van der Waals surface area contributed by atoms with Crippen molar-refractivity contribution >= 4 is 17.4 Å². The normalized spacial score (nSPS) is 12.4. The second-order valence-corrected chi connectivity index (χ2v) is 7.15. The third-order valence-corrected chi connectivity index (χ3v) is 4.96. The van der Waals surface area contributed by atoms with Gasteiger partial charge in [-0.25, -0.2) is 22.0 Å². The van der Waals surface area contributed by atoms with Crippen molar-refractivity contribution in [3.63, 3.8) is 0 Å². The highest BCUT2D eigenvalue weighted by Gasteiger charge is 2.13. The van der Waals surface area contributed by atoms with Crippen LogP contribution >= 0.6 is 11.6 Å². The van der Waals surface area contributed by atoms with E-state index in [9.17, 15) is 22.0 Å². The van der Waals surface area contributed by atoms with Crippen LogP contribution in [0.3, 0.4) is 0 Å². The number of aromatic nitrogens is 1. The zero-order valence-electron chi connectivity index (χ0n) is 16.4. The van der Waals surface area contributed by atoms with Crippen molar-refractivity contribution in [2.45, 2.75) is 19.8 Å². The van der Waals surface area contributed by atoms with E-state index in [2.05, 4.69) is 4.98 Å². The summed E-state index contributed by atoms with van der Waals surface area (Å²) >= 11 is 5.47. The predicted octanol–water partition coefficient (Wildman–Crippen LogP) is 7.79. The first-order chi connectivity index (χ1) is 14.8. The van der Waals surface area contributed by atoms with Gasteiger partial charge in [0.1, 0.15) is 22.5 Å². The number of halogens is 6. The van der Waals surface area contributed by atoms with E-state index in [1.165, 1.54) is 36.5 Å². The lowest BCUT2D eigenvalue weighted by molar-refractivity contribution is 0.580. The van der Waals surface area contributed by atoms with Crippen LogP contribution < -0.4 is 0 Å². The molecule has 7 heteroatoms. The highest BCUT2D eigenvalue weighted by atomic mass is 35.5. The Hall–Kier alpha value is -2.99. The zero-order chi connectivity index (χ0) is 22.5. The average Bonchev–Trinajstić information content (AvgIpc) is 2.76. The molecular formula is C24H17ClF5N. The largest absolute Gasteiger partial charge is 0.261 e. The molecule has 0 spiro atoms. The van der Waals surface area contributed by atoms with Gasteiger partial charge in [-0.3, -0.25) is 4.98 Å². The van der Waals surface area contributed by atoms with Gasteiger partial charge in [0.05, 0.1) is 0 Å². The molecule has 3 rings (SSSR count). The summed E-state index contributed by atoms with van der Waals surface area (Å²) in [5.41, 5.74) is 1.51. The molecule has 0 aliphatic heterocycles. The van der Waals surface area contributed by atoms with Crippen LogP contribution in [0, 0.1) is 17.5 Å². The van der Waals surface area contributed by atoms with Gasteiger partial charge in [-0.2, -0.15) is 0 Å². The molecule has 1 heterocycles. The summed E-state index contributed by atoms with van der Waals surface area (Å²) in [5, 5.41) is -0.542. The van der Waals surface area contributed by atoms with Gasteiger partial charge in [0, 0.05) is 28.6 Å². The highest BCUT2D eigenvalue weighted by Crippen LogP contribution is 2.29. The van der Waals surface area contributed by atoms with Crippen LogP contribution in [-0.4, -0.2) is 4.98 Å². The van der Waals surface area contributed by atoms with E-state index in [0.29, 0.717) is 29.7 Å². The number of rotatable bonds is 6. The van der Waals surface area contributed by atoms with Gasteiger partial charge in [0.2, 0.25) is 0 Å². The fourth-order valence-corrected chi connectivity index (χ4v) is 3.11. The minimum absolute atomic E-state index is 0.184. The quantitative estimate of drug-likeness (QED) is 0.212. The first-order valence-corrected chi connectivity index (χ1v) is 9.74. The maximum absolute atomic E-state index is 14.5. The van der Waals surface area contributed by atoms with Gasteiger partial charge in [0.25, 0.3) is 0 Å². The molecule has 0 fully saturated rings. The smallest absolute Gasteiger partial charge is 0.166 e. The van der Waals surface area contributed by atoms with Crippen molar-refractivity contribution in [1.29, 1.82) is 0 Å². The summed E-state index contributed by atoms with van der Waals surface area (Å²) in [6.07, 6.45) is 4.48. The summed E-state index contributed by atoms with van der Waals surface area (Å²) in [5.74, 6) is -4.60. The van der Waals surface area contributed by atoms with Crippen LogP contribution in [0.4, 0.5) is 22.0 Å². The summed E-state index contributed by atoms with van der Waals surface area (Å²) in [4.78, 5) is 4.25. The van der Waals surface area contributed by atoms with E-state index in [0.717, 1.165) is 12.1 Å². The van der Waals surface area contributed by atoms with Gasteiger partial charge >= 0.3 is 0 Å². The van der Waals surface area contributed by atoms with Crippen LogP contribution in [0.25, 0.3) is 17.0 Å². The fraction of sp³-hybridized carbons (Fsp3) is 0.125. The minimum Gasteiger partial charge on any atom is -0.261 e. The maximum atomic E-state index is 14.5. The van der Waals surface area contributed by atoms with Crippen molar-refractivity contribution in [3.8, 4) is 11.1 Å². The van der Waals surface area contributed by atoms with E-state index < -0.39 is 34.1 Å². The molecule has 0 saturated heterocycles. The lowest BCUT2D eigenvalue weighted by atomic mass is 10.0. The first kappa shape index (κ1) is 22.7. The van der Waals surface area contributed by atoms with Crippen LogP contribution in [0.1, 0.15) is 23.7 Å². The average molecular weight is 450 g/mol. The Morgan fingerprint density at radius 1 is 0.935 bits per heavy atom. The second kappa shape index (κ2) is 9.88. The van der Waals surface area contributed by atoms with Crippen molar-refractivity contribution in [1.82, 2.24) is 4.98 Å². The van der Waals surface area contributed by atoms with E-state index >= 15 is 0 Å². The third kappa shape index (κ3) is 5.39. The van der Waals surface area contributed by atoms with E-state index in [4.69, 9.17) is 11.6 Å². The zero-order valence-corrected chi connectivity index (χ0v) is 17.2. The monoisotopic (exact) mass is 449 g/mol. The number of pyridine rings is 1. The Labute approximate surface area is 181 Å². The van der Waals surface area contributed by atoms with Crippen molar-refractivity contribution in [2.75, 3.05) is 0 Å². The molecule has 0 saturated carbocycles.